The van der Waals surface area contributed by atoms with Crippen molar-refractivity contribution < 1.29 is 9.53 Å². The summed E-state index contributed by atoms with van der Waals surface area (Å²) in [6.45, 7) is 5.51. The van der Waals surface area contributed by atoms with Crippen molar-refractivity contribution in [3.8, 4) is 0 Å². The van der Waals surface area contributed by atoms with Gasteiger partial charge in [0.25, 0.3) is 0 Å². The summed E-state index contributed by atoms with van der Waals surface area (Å²) in [5, 5.41) is 5.55. The van der Waals surface area contributed by atoms with E-state index in [0.29, 0.717) is 6.54 Å². The maximum atomic E-state index is 11.2. The quantitative estimate of drug-likeness (QED) is 0.633. The van der Waals surface area contributed by atoms with E-state index >= 15 is 0 Å². The number of nitrogens with one attached hydrogen (secondary N) is 2. The van der Waals surface area contributed by atoms with Crippen molar-refractivity contribution in [3.05, 3.63) is 12.7 Å². The summed E-state index contributed by atoms with van der Waals surface area (Å²) in [5.41, 5.74) is 0. The lowest BCUT2D eigenvalue weighted by atomic mass is 10.1. The molecule has 0 bridgehead atoms. The number of carbonyl (C=O) groups excluding carboxylic acids is 1. The zero-order chi connectivity index (χ0) is 9.52. The normalized spacial score (nSPS) is 17.8. The molecule has 4 nitrogen and oxygen atoms in total. The van der Waals surface area contributed by atoms with E-state index in [1.807, 2.05) is 0 Å². The minimum Gasteiger partial charge on any atom is -0.381 e. The summed E-state index contributed by atoms with van der Waals surface area (Å²) in [4.78, 5) is 11.2. The van der Waals surface area contributed by atoms with Crippen LogP contribution < -0.4 is 10.6 Å². The minimum absolute atomic E-state index is 0.119. The van der Waals surface area contributed by atoms with Crippen LogP contribution in [0.2, 0.25) is 0 Å². The van der Waals surface area contributed by atoms with Crippen molar-refractivity contribution in [2.24, 2.45) is 0 Å². The number of amides is 2. The van der Waals surface area contributed by atoms with E-state index in [4.69, 9.17) is 4.74 Å². The van der Waals surface area contributed by atoms with Crippen LogP contribution in [0.5, 0.6) is 0 Å². The summed E-state index contributed by atoms with van der Waals surface area (Å²) in [5.74, 6) is 0. The van der Waals surface area contributed by atoms with Crippen LogP contribution in [0.4, 0.5) is 4.79 Å². The Balaban J connectivity index is 2.14. The monoisotopic (exact) mass is 184 g/mol. The Kier molecular flexibility index (Phi) is 4.32. The summed E-state index contributed by atoms with van der Waals surface area (Å²) >= 11 is 0. The van der Waals surface area contributed by atoms with E-state index < -0.39 is 0 Å². The predicted octanol–water partition coefficient (Wildman–Crippen LogP) is 0.651. The molecule has 0 atom stereocenters. The molecule has 0 saturated carbocycles. The van der Waals surface area contributed by atoms with Crippen molar-refractivity contribution in [1.82, 2.24) is 10.6 Å². The molecule has 0 aromatic carbocycles. The van der Waals surface area contributed by atoms with Crippen LogP contribution in [0.1, 0.15) is 12.8 Å². The van der Waals surface area contributed by atoms with E-state index in [1.165, 1.54) is 0 Å². The average Bonchev–Trinajstić information content (AvgIpc) is 2.16. The number of rotatable bonds is 3. The topological polar surface area (TPSA) is 50.4 Å². The summed E-state index contributed by atoms with van der Waals surface area (Å²) in [6, 6.07) is 0.144. The first-order chi connectivity index (χ1) is 6.33. The van der Waals surface area contributed by atoms with E-state index in [-0.39, 0.29) is 12.1 Å². The molecule has 0 spiro atoms. The lowest BCUT2D eigenvalue weighted by Gasteiger charge is -2.22. The Hall–Kier alpha value is -1.03. The second-order valence-corrected chi connectivity index (χ2v) is 3.03. The lowest BCUT2D eigenvalue weighted by molar-refractivity contribution is 0.0801. The first-order valence-corrected chi connectivity index (χ1v) is 4.56. The van der Waals surface area contributed by atoms with Crippen LogP contribution in [0.3, 0.4) is 0 Å². The molecule has 1 fully saturated rings. The number of hydrogen-bond donors (Lipinski definition) is 2. The fraction of sp³-hybridized carbons (Fsp3) is 0.667. The first-order valence-electron chi connectivity index (χ1n) is 4.56. The second kappa shape index (κ2) is 5.59. The van der Waals surface area contributed by atoms with Gasteiger partial charge in [-0.2, -0.15) is 0 Å². The average molecular weight is 184 g/mol. The fourth-order valence-corrected chi connectivity index (χ4v) is 1.24. The smallest absolute Gasteiger partial charge is 0.315 e. The molecule has 1 aliphatic heterocycles. The van der Waals surface area contributed by atoms with Gasteiger partial charge in [0.15, 0.2) is 0 Å². The highest BCUT2D eigenvalue weighted by atomic mass is 16.5. The Labute approximate surface area is 78.3 Å². The van der Waals surface area contributed by atoms with Crippen LogP contribution >= 0.6 is 0 Å². The van der Waals surface area contributed by atoms with Gasteiger partial charge in [0.05, 0.1) is 0 Å². The molecule has 0 radical (unpaired) electrons. The number of hydrogen-bond acceptors (Lipinski definition) is 2. The summed E-state index contributed by atoms with van der Waals surface area (Å²) in [6.07, 6.45) is 3.46. The van der Waals surface area contributed by atoms with Gasteiger partial charge in [-0.25, -0.2) is 4.79 Å². The second-order valence-electron chi connectivity index (χ2n) is 3.03. The van der Waals surface area contributed by atoms with Gasteiger partial charge in [-0.05, 0) is 12.8 Å². The van der Waals surface area contributed by atoms with E-state index in [1.54, 1.807) is 6.08 Å². The largest absolute Gasteiger partial charge is 0.381 e. The van der Waals surface area contributed by atoms with Crippen LogP contribution in [0, 0.1) is 0 Å². The standard InChI is InChI=1S/C9H16N2O2/c1-2-5-10-9(12)11-8-3-6-13-7-4-8/h2,8H,1,3-7H2,(H2,10,11,12). The Morgan fingerprint density at radius 3 is 2.85 bits per heavy atom. The zero-order valence-corrected chi connectivity index (χ0v) is 7.71. The van der Waals surface area contributed by atoms with Crippen LogP contribution in [-0.2, 0) is 4.74 Å². The third-order valence-electron chi connectivity index (χ3n) is 1.96. The molecule has 1 saturated heterocycles. The molecule has 1 heterocycles. The molecule has 1 aliphatic rings. The van der Waals surface area contributed by atoms with Gasteiger partial charge in [-0.15, -0.1) is 6.58 Å². The molecule has 13 heavy (non-hydrogen) atoms. The van der Waals surface area contributed by atoms with Crippen molar-refractivity contribution in [1.29, 1.82) is 0 Å². The molecule has 4 heteroatoms. The molecular weight excluding hydrogens is 168 g/mol. The van der Waals surface area contributed by atoms with Gasteiger partial charge in [0.1, 0.15) is 0 Å². The zero-order valence-electron chi connectivity index (χ0n) is 7.71. The van der Waals surface area contributed by atoms with Gasteiger partial charge in [-0.3, -0.25) is 0 Å². The number of urea groups is 1. The minimum atomic E-state index is -0.119. The molecule has 2 amide bonds. The Morgan fingerprint density at radius 1 is 1.54 bits per heavy atom. The highest BCUT2D eigenvalue weighted by Gasteiger charge is 2.14. The van der Waals surface area contributed by atoms with Crippen LogP contribution in [-0.4, -0.2) is 31.8 Å². The van der Waals surface area contributed by atoms with E-state index in [9.17, 15) is 4.79 Å². The summed E-state index contributed by atoms with van der Waals surface area (Å²) in [7, 11) is 0. The van der Waals surface area contributed by atoms with Crippen molar-refractivity contribution >= 4 is 6.03 Å². The first kappa shape index (κ1) is 10.1. The molecule has 0 aromatic rings. The molecule has 0 aliphatic carbocycles. The van der Waals surface area contributed by atoms with Gasteiger partial charge < -0.3 is 15.4 Å². The Bertz CT molecular complexity index is 176. The number of ether oxygens (including phenoxy) is 1. The molecule has 0 aromatic heterocycles. The summed E-state index contributed by atoms with van der Waals surface area (Å²) < 4.78 is 5.17. The SMILES string of the molecule is C=CCNC(=O)NC1CCOCC1. The molecule has 0 unspecified atom stereocenters. The number of carbonyl (C=O) groups is 1. The van der Waals surface area contributed by atoms with Crippen LogP contribution in [0.25, 0.3) is 0 Å². The molecule has 1 rings (SSSR count). The maximum Gasteiger partial charge on any atom is 0.315 e. The predicted molar refractivity (Wildman–Crippen MR) is 50.6 cm³/mol. The molecular formula is C9H16N2O2. The van der Waals surface area contributed by atoms with E-state index in [2.05, 4.69) is 17.2 Å². The van der Waals surface area contributed by atoms with Crippen molar-refractivity contribution in [2.45, 2.75) is 18.9 Å². The lowest BCUT2D eigenvalue weighted by Crippen LogP contribution is -2.44. The van der Waals surface area contributed by atoms with Gasteiger partial charge in [-0.1, -0.05) is 6.08 Å². The van der Waals surface area contributed by atoms with Crippen molar-refractivity contribution in [3.63, 3.8) is 0 Å². The van der Waals surface area contributed by atoms with E-state index in [0.717, 1.165) is 26.1 Å². The van der Waals surface area contributed by atoms with Gasteiger partial charge in [0.2, 0.25) is 0 Å². The maximum absolute atomic E-state index is 11.2. The molecule has 74 valence electrons. The van der Waals surface area contributed by atoms with Gasteiger partial charge in [0, 0.05) is 25.8 Å². The Morgan fingerprint density at radius 2 is 2.23 bits per heavy atom. The molecule has 2 N–H and O–H groups in total. The van der Waals surface area contributed by atoms with Gasteiger partial charge >= 0.3 is 6.03 Å². The third-order valence-corrected chi connectivity index (χ3v) is 1.96. The highest BCUT2D eigenvalue weighted by molar-refractivity contribution is 5.74. The highest BCUT2D eigenvalue weighted by Crippen LogP contribution is 2.05. The van der Waals surface area contributed by atoms with Crippen molar-refractivity contribution in [2.75, 3.05) is 19.8 Å². The third kappa shape index (κ3) is 3.94. The van der Waals surface area contributed by atoms with Crippen LogP contribution in [0.15, 0.2) is 12.7 Å². The fourth-order valence-electron chi connectivity index (χ4n) is 1.24.